The van der Waals surface area contributed by atoms with Gasteiger partial charge in [0.2, 0.25) is 0 Å². The van der Waals surface area contributed by atoms with Gasteiger partial charge in [0.15, 0.2) is 0 Å². The van der Waals surface area contributed by atoms with Crippen LogP contribution in [-0.2, 0) is 5.75 Å². The first-order valence-corrected chi connectivity index (χ1v) is 9.36. The maximum atomic E-state index is 12.3. The number of thioether (sulfide) groups is 1. The van der Waals surface area contributed by atoms with Gasteiger partial charge in [0.05, 0.1) is 7.11 Å². The molecule has 0 aromatic heterocycles. The fourth-order valence-corrected chi connectivity index (χ4v) is 3.29. The van der Waals surface area contributed by atoms with Crippen molar-refractivity contribution < 1.29 is 9.53 Å². The van der Waals surface area contributed by atoms with Crippen LogP contribution in [0.1, 0.15) is 42.1 Å². The van der Waals surface area contributed by atoms with Crippen LogP contribution < -0.4 is 10.1 Å². The fraction of sp³-hybridized carbons (Fsp3) is 0.350. The molecule has 0 radical (unpaired) electrons. The number of benzene rings is 2. The van der Waals surface area contributed by atoms with Crippen molar-refractivity contribution in [2.45, 2.75) is 36.8 Å². The molecule has 1 amide bonds. The normalized spacial score (nSPS) is 10.4. The van der Waals surface area contributed by atoms with Crippen molar-refractivity contribution in [1.29, 1.82) is 0 Å². The molecule has 128 valence electrons. The Morgan fingerprint density at radius 3 is 2.62 bits per heavy atom. The quantitative estimate of drug-likeness (QED) is 0.519. The Balaban J connectivity index is 2.02. The summed E-state index contributed by atoms with van der Waals surface area (Å²) < 4.78 is 5.44. The zero-order valence-corrected chi connectivity index (χ0v) is 15.2. The van der Waals surface area contributed by atoms with Gasteiger partial charge >= 0.3 is 0 Å². The second-order valence-electron chi connectivity index (χ2n) is 5.59. The van der Waals surface area contributed by atoms with Gasteiger partial charge in [0.25, 0.3) is 5.91 Å². The van der Waals surface area contributed by atoms with E-state index in [9.17, 15) is 4.79 Å². The third-order valence-corrected chi connectivity index (χ3v) is 4.81. The minimum Gasteiger partial charge on any atom is -0.496 e. The van der Waals surface area contributed by atoms with Crippen LogP contribution in [0, 0.1) is 0 Å². The summed E-state index contributed by atoms with van der Waals surface area (Å²) in [7, 11) is 1.66. The summed E-state index contributed by atoms with van der Waals surface area (Å²) in [6.07, 6.45) is 3.32. The molecule has 0 heterocycles. The zero-order chi connectivity index (χ0) is 17.2. The standard InChI is InChI=1S/C20H25NO2S/c1-3-4-8-13-21-20(22)16-11-12-19(23-2)17(14-16)15-24-18-9-6-5-7-10-18/h5-7,9-12,14H,3-4,8,13,15H2,1-2H3,(H,21,22). The van der Waals surface area contributed by atoms with Gasteiger partial charge in [-0.1, -0.05) is 38.0 Å². The van der Waals surface area contributed by atoms with E-state index in [1.54, 1.807) is 18.9 Å². The highest BCUT2D eigenvalue weighted by atomic mass is 32.2. The Morgan fingerprint density at radius 1 is 1.12 bits per heavy atom. The molecule has 0 saturated heterocycles. The van der Waals surface area contributed by atoms with E-state index >= 15 is 0 Å². The second-order valence-corrected chi connectivity index (χ2v) is 6.64. The fourth-order valence-electron chi connectivity index (χ4n) is 2.39. The minimum atomic E-state index is -0.0142. The Bertz CT molecular complexity index is 643. The summed E-state index contributed by atoms with van der Waals surface area (Å²) in [4.78, 5) is 13.5. The van der Waals surface area contributed by atoms with E-state index in [-0.39, 0.29) is 5.91 Å². The zero-order valence-electron chi connectivity index (χ0n) is 14.4. The van der Waals surface area contributed by atoms with Crippen LogP contribution in [0.2, 0.25) is 0 Å². The Kier molecular flexibility index (Phi) is 7.69. The smallest absolute Gasteiger partial charge is 0.251 e. The lowest BCUT2D eigenvalue weighted by Crippen LogP contribution is -2.24. The highest BCUT2D eigenvalue weighted by Gasteiger charge is 2.10. The monoisotopic (exact) mass is 343 g/mol. The van der Waals surface area contributed by atoms with Crippen LogP contribution in [0.25, 0.3) is 0 Å². The summed E-state index contributed by atoms with van der Waals surface area (Å²) in [5.74, 6) is 1.57. The summed E-state index contributed by atoms with van der Waals surface area (Å²) in [6, 6.07) is 15.9. The Morgan fingerprint density at radius 2 is 1.92 bits per heavy atom. The highest BCUT2D eigenvalue weighted by molar-refractivity contribution is 7.98. The number of hydrogen-bond donors (Lipinski definition) is 1. The van der Waals surface area contributed by atoms with E-state index in [0.717, 1.165) is 42.9 Å². The topological polar surface area (TPSA) is 38.3 Å². The van der Waals surface area contributed by atoms with Crippen molar-refractivity contribution in [1.82, 2.24) is 5.32 Å². The van der Waals surface area contributed by atoms with Crippen LogP contribution in [0.3, 0.4) is 0 Å². The molecule has 0 saturated carbocycles. The van der Waals surface area contributed by atoms with Crippen LogP contribution in [-0.4, -0.2) is 19.6 Å². The third kappa shape index (κ3) is 5.60. The van der Waals surface area contributed by atoms with Crippen molar-refractivity contribution in [3.8, 4) is 5.75 Å². The van der Waals surface area contributed by atoms with Crippen LogP contribution in [0.5, 0.6) is 5.75 Å². The first-order valence-electron chi connectivity index (χ1n) is 8.37. The first-order chi connectivity index (χ1) is 11.7. The van der Waals surface area contributed by atoms with Crippen LogP contribution in [0.15, 0.2) is 53.4 Å². The van der Waals surface area contributed by atoms with E-state index in [4.69, 9.17) is 4.74 Å². The van der Waals surface area contributed by atoms with Gasteiger partial charge in [0, 0.05) is 28.3 Å². The molecule has 0 bridgehead atoms. The van der Waals surface area contributed by atoms with Crippen molar-refractivity contribution >= 4 is 17.7 Å². The number of unbranched alkanes of at least 4 members (excludes halogenated alkanes) is 2. The van der Waals surface area contributed by atoms with Crippen molar-refractivity contribution in [2.24, 2.45) is 0 Å². The lowest BCUT2D eigenvalue weighted by molar-refractivity contribution is 0.0953. The highest BCUT2D eigenvalue weighted by Crippen LogP contribution is 2.28. The molecule has 0 aliphatic carbocycles. The maximum absolute atomic E-state index is 12.3. The van der Waals surface area contributed by atoms with E-state index in [0.29, 0.717) is 5.56 Å². The van der Waals surface area contributed by atoms with Gasteiger partial charge in [0.1, 0.15) is 5.75 Å². The summed E-state index contributed by atoms with van der Waals surface area (Å²) in [6.45, 7) is 2.88. The molecule has 0 aliphatic rings. The number of hydrogen-bond acceptors (Lipinski definition) is 3. The van der Waals surface area contributed by atoms with E-state index in [1.807, 2.05) is 36.4 Å². The Hall–Kier alpha value is -1.94. The number of carbonyl (C=O) groups is 1. The number of carbonyl (C=O) groups excluding carboxylic acids is 1. The van der Waals surface area contributed by atoms with Gasteiger partial charge in [-0.05, 0) is 36.8 Å². The molecular weight excluding hydrogens is 318 g/mol. The van der Waals surface area contributed by atoms with Gasteiger partial charge in [-0.25, -0.2) is 0 Å². The molecule has 1 N–H and O–H groups in total. The summed E-state index contributed by atoms with van der Waals surface area (Å²) in [5, 5.41) is 2.99. The SMILES string of the molecule is CCCCCNC(=O)c1ccc(OC)c(CSc2ccccc2)c1. The van der Waals surface area contributed by atoms with Crippen molar-refractivity contribution in [3.05, 3.63) is 59.7 Å². The predicted molar refractivity (Wildman–Crippen MR) is 101 cm³/mol. The van der Waals surface area contributed by atoms with Crippen molar-refractivity contribution in [2.75, 3.05) is 13.7 Å². The van der Waals surface area contributed by atoms with Gasteiger partial charge in [-0.15, -0.1) is 11.8 Å². The molecule has 0 aliphatic heterocycles. The molecule has 0 spiro atoms. The summed E-state index contributed by atoms with van der Waals surface area (Å²) >= 11 is 1.74. The number of rotatable bonds is 9. The number of nitrogens with one attached hydrogen (secondary N) is 1. The maximum Gasteiger partial charge on any atom is 0.251 e. The molecule has 3 nitrogen and oxygen atoms in total. The molecule has 0 fully saturated rings. The number of methoxy groups -OCH3 is 1. The lowest BCUT2D eigenvalue weighted by atomic mass is 10.1. The average Bonchev–Trinajstić information content (AvgIpc) is 2.64. The van der Waals surface area contributed by atoms with Crippen LogP contribution >= 0.6 is 11.8 Å². The predicted octanol–water partition coefficient (Wildman–Crippen LogP) is 4.91. The third-order valence-electron chi connectivity index (χ3n) is 3.75. The minimum absolute atomic E-state index is 0.0142. The Labute approximate surface area is 148 Å². The molecule has 24 heavy (non-hydrogen) atoms. The van der Waals surface area contributed by atoms with Gasteiger partial charge in [-0.3, -0.25) is 4.79 Å². The van der Waals surface area contributed by atoms with E-state index in [2.05, 4.69) is 24.4 Å². The summed E-state index contributed by atoms with van der Waals surface area (Å²) in [5.41, 5.74) is 1.73. The van der Waals surface area contributed by atoms with E-state index in [1.165, 1.54) is 4.90 Å². The second kappa shape index (κ2) is 10.0. The molecule has 0 atom stereocenters. The average molecular weight is 343 g/mol. The molecule has 2 aromatic carbocycles. The number of amides is 1. The lowest BCUT2D eigenvalue weighted by Gasteiger charge is -2.11. The van der Waals surface area contributed by atoms with Crippen molar-refractivity contribution in [3.63, 3.8) is 0 Å². The van der Waals surface area contributed by atoms with Gasteiger partial charge < -0.3 is 10.1 Å². The van der Waals surface area contributed by atoms with Crippen LogP contribution in [0.4, 0.5) is 0 Å². The molecule has 2 aromatic rings. The van der Waals surface area contributed by atoms with E-state index < -0.39 is 0 Å². The van der Waals surface area contributed by atoms with Gasteiger partial charge in [-0.2, -0.15) is 0 Å². The molecule has 2 rings (SSSR count). The number of ether oxygens (including phenoxy) is 1. The molecule has 0 unspecified atom stereocenters. The largest absolute Gasteiger partial charge is 0.496 e. The first kappa shape index (κ1) is 18.4. The molecule has 4 heteroatoms. The molecular formula is C20H25NO2S.